The number of aromatic nitrogens is 1. The molecule has 0 atom stereocenters. The van der Waals surface area contributed by atoms with Crippen molar-refractivity contribution in [2.75, 3.05) is 4.72 Å². The van der Waals surface area contributed by atoms with Crippen LogP contribution >= 0.6 is 15.9 Å². The van der Waals surface area contributed by atoms with Crippen LogP contribution in [0.5, 0.6) is 0 Å². The minimum Gasteiger partial charge on any atom is -0.478 e. The summed E-state index contributed by atoms with van der Waals surface area (Å²) in [5.74, 6) is -2.40. The zero-order valence-corrected chi connectivity index (χ0v) is 12.6. The summed E-state index contributed by atoms with van der Waals surface area (Å²) in [6.45, 7) is 0. The van der Waals surface area contributed by atoms with Gasteiger partial charge in [0, 0.05) is 6.20 Å². The summed E-state index contributed by atoms with van der Waals surface area (Å²) >= 11 is 3.05. The molecule has 0 bridgehead atoms. The fraction of sp³-hybridized carbons (Fsp3) is 0. The molecule has 2 N–H and O–H groups in total. The molecule has 110 valence electrons. The van der Waals surface area contributed by atoms with Crippen LogP contribution in [0.1, 0.15) is 10.4 Å². The summed E-state index contributed by atoms with van der Waals surface area (Å²) < 4.78 is 40.4. The predicted molar refractivity (Wildman–Crippen MR) is 76.1 cm³/mol. The normalized spacial score (nSPS) is 11.1. The second-order valence-corrected chi connectivity index (χ2v) is 6.30. The SMILES string of the molecule is O=C(O)c1ccc(F)c(S(=O)(=O)Nc2cccnc2Br)c1. The van der Waals surface area contributed by atoms with Gasteiger partial charge >= 0.3 is 5.97 Å². The molecule has 0 fully saturated rings. The van der Waals surface area contributed by atoms with Crippen molar-refractivity contribution in [1.82, 2.24) is 4.98 Å². The van der Waals surface area contributed by atoms with Crippen molar-refractivity contribution in [3.05, 3.63) is 52.5 Å². The number of nitrogens with one attached hydrogen (secondary N) is 1. The lowest BCUT2D eigenvalue weighted by Gasteiger charge is -2.10. The van der Waals surface area contributed by atoms with Crippen LogP contribution in [0.2, 0.25) is 0 Å². The number of sulfonamides is 1. The van der Waals surface area contributed by atoms with E-state index in [0.717, 1.165) is 18.2 Å². The third-order valence-electron chi connectivity index (χ3n) is 2.47. The van der Waals surface area contributed by atoms with Crippen molar-refractivity contribution in [3.63, 3.8) is 0 Å². The van der Waals surface area contributed by atoms with Gasteiger partial charge in [-0.05, 0) is 46.3 Å². The van der Waals surface area contributed by atoms with E-state index in [1.807, 2.05) is 0 Å². The number of benzene rings is 1. The number of rotatable bonds is 4. The maximum atomic E-state index is 13.7. The van der Waals surface area contributed by atoms with E-state index in [-0.39, 0.29) is 15.9 Å². The zero-order chi connectivity index (χ0) is 15.6. The molecule has 0 radical (unpaired) electrons. The Hall–Kier alpha value is -2.00. The summed E-state index contributed by atoms with van der Waals surface area (Å²) in [5, 5.41) is 8.84. The molecule has 0 aliphatic rings. The van der Waals surface area contributed by atoms with Crippen LogP contribution in [0.25, 0.3) is 0 Å². The standard InChI is InChI=1S/C12H8BrFN2O4S/c13-11-9(2-1-5-15-11)16-21(19,20)10-6-7(12(17)18)3-4-8(10)14/h1-6,16H,(H,17,18). The van der Waals surface area contributed by atoms with Crippen molar-refractivity contribution < 1.29 is 22.7 Å². The highest BCUT2D eigenvalue weighted by Crippen LogP contribution is 2.24. The van der Waals surface area contributed by atoms with Gasteiger partial charge in [-0.1, -0.05) is 0 Å². The molecule has 0 aliphatic carbocycles. The molecule has 0 amide bonds. The topological polar surface area (TPSA) is 96.4 Å². The van der Waals surface area contributed by atoms with E-state index in [2.05, 4.69) is 25.6 Å². The van der Waals surface area contributed by atoms with Gasteiger partial charge < -0.3 is 5.11 Å². The van der Waals surface area contributed by atoms with Crippen LogP contribution in [0, 0.1) is 5.82 Å². The molecule has 0 saturated heterocycles. The number of carbonyl (C=O) groups is 1. The number of carboxylic acids is 1. The highest BCUT2D eigenvalue weighted by molar-refractivity contribution is 9.10. The molecule has 1 heterocycles. The van der Waals surface area contributed by atoms with Crippen molar-refractivity contribution >= 4 is 37.6 Å². The van der Waals surface area contributed by atoms with Gasteiger partial charge in [-0.15, -0.1) is 0 Å². The van der Waals surface area contributed by atoms with Crippen molar-refractivity contribution in [1.29, 1.82) is 0 Å². The monoisotopic (exact) mass is 374 g/mol. The number of anilines is 1. The Kier molecular flexibility index (Phi) is 4.24. The van der Waals surface area contributed by atoms with Gasteiger partial charge in [0.1, 0.15) is 15.3 Å². The molecule has 1 aromatic heterocycles. The molecule has 0 spiro atoms. The van der Waals surface area contributed by atoms with E-state index in [4.69, 9.17) is 5.11 Å². The first-order valence-corrected chi connectivity index (χ1v) is 7.75. The van der Waals surface area contributed by atoms with E-state index < -0.39 is 26.7 Å². The lowest BCUT2D eigenvalue weighted by Crippen LogP contribution is -2.16. The van der Waals surface area contributed by atoms with Gasteiger partial charge in [0.2, 0.25) is 0 Å². The highest BCUT2D eigenvalue weighted by Gasteiger charge is 2.22. The number of aromatic carboxylic acids is 1. The van der Waals surface area contributed by atoms with Gasteiger partial charge in [-0.2, -0.15) is 0 Å². The number of halogens is 2. The van der Waals surface area contributed by atoms with E-state index in [1.165, 1.54) is 18.3 Å². The van der Waals surface area contributed by atoms with Crippen LogP contribution in [0.3, 0.4) is 0 Å². The Labute approximate surface area is 127 Å². The maximum absolute atomic E-state index is 13.7. The number of hydrogen-bond donors (Lipinski definition) is 2. The second-order valence-electron chi connectivity index (χ2n) is 3.90. The molecule has 6 nitrogen and oxygen atoms in total. The molecule has 0 unspecified atom stereocenters. The van der Waals surface area contributed by atoms with Crippen LogP contribution in [-0.4, -0.2) is 24.5 Å². The lowest BCUT2D eigenvalue weighted by molar-refractivity contribution is 0.0696. The number of nitrogens with zero attached hydrogens (tertiary/aromatic N) is 1. The first-order valence-electron chi connectivity index (χ1n) is 5.47. The first kappa shape index (κ1) is 15.4. The summed E-state index contributed by atoms with van der Waals surface area (Å²) in [6.07, 6.45) is 1.44. The first-order chi connectivity index (χ1) is 9.81. The smallest absolute Gasteiger partial charge is 0.335 e. The Balaban J connectivity index is 2.47. The summed E-state index contributed by atoms with van der Waals surface area (Å²) in [6, 6.07) is 5.44. The molecule has 2 aromatic rings. The largest absolute Gasteiger partial charge is 0.478 e. The Morgan fingerprint density at radius 2 is 2.05 bits per heavy atom. The van der Waals surface area contributed by atoms with Crippen molar-refractivity contribution in [3.8, 4) is 0 Å². The molecule has 1 aromatic carbocycles. The molecule has 0 saturated carbocycles. The van der Waals surface area contributed by atoms with Crippen LogP contribution in [0.15, 0.2) is 46.0 Å². The fourth-order valence-corrected chi connectivity index (χ4v) is 3.16. The summed E-state index contributed by atoms with van der Waals surface area (Å²) in [4.78, 5) is 13.9. The van der Waals surface area contributed by atoms with Gasteiger partial charge in [0.05, 0.1) is 11.3 Å². The molecular weight excluding hydrogens is 367 g/mol. The number of pyridine rings is 1. The lowest BCUT2D eigenvalue weighted by atomic mass is 10.2. The average molecular weight is 375 g/mol. The quantitative estimate of drug-likeness (QED) is 0.801. The third kappa shape index (κ3) is 3.37. The molecular formula is C12H8BrFN2O4S. The molecule has 21 heavy (non-hydrogen) atoms. The van der Waals surface area contributed by atoms with Crippen LogP contribution in [0.4, 0.5) is 10.1 Å². The van der Waals surface area contributed by atoms with Gasteiger partial charge in [0.15, 0.2) is 0 Å². The van der Waals surface area contributed by atoms with Crippen molar-refractivity contribution in [2.24, 2.45) is 0 Å². The maximum Gasteiger partial charge on any atom is 0.335 e. The van der Waals surface area contributed by atoms with Gasteiger partial charge in [-0.25, -0.2) is 22.6 Å². The van der Waals surface area contributed by atoms with E-state index in [1.54, 1.807) is 0 Å². The molecule has 0 aliphatic heterocycles. The Bertz CT molecular complexity index is 811. The Morgan fingerprint density at radius 1 is 1.33 bits per heavy atom. The predicted octanol–water partition coefficient (Wildman–Crippen LogP) is 2.48. The van der Waals surface area contributed by atoms with Gasteiger partial charge in [0.25, 0.3) is 10.0 Å². The van der Waals surface area contributed by atoms with Crippen molar-refractivity contribution in [2.45, 2.75) is 4.90 Å². The zero-order valence-electron chi connectivity index (χ0n) is 10.2. The van der Waals surface area contributed by atoms with E-state index in [0.29, 0.717) is 0 Å². The summed E-state index contributed by atoms with van der Waals surface area (Å²) in [5.41, 5.74) is -0.223. The minimum atomic E-state index is -4.28. The second kappa shape index (κ2) is 5.78. The third-order valence-corrected chi connectivity index (χ3v) is 4.48. The van der Waals surface area contributed by atoms with Crippen LogP contribution < -0.4 is 4.72 Å². The molecule has 2 rings (SSSR count). The molecule has 9 heteroatoms. The highest BCUT2D eigenvalue weighted by atomic mass is 79.9. The fourth-order valence-electron chi connectivity index (χ4n) is 1.50. The van der Waals surface area contributed by atoms with E-state index >= 15 is 0 Å². The summed E-state index contributed by atoms with van der Waals surface area (Å²) in [7, 11) is -4.28. The van der Waals surface area contributed by atoms with Crippen LogP contribution in [-0.2, 0) is 10.0 Å². The van der Waals surface area contributed by atoms with Gasteiger partial charge in [-0.3, -0.25) is 4.72 Å². The number of carboxylic acid groups (broad SMARTS) is 1. The minimum absolute atomic E-state index is 0.109. The number of hydrogen-bond acceptors (Lipinski definition) is 4. The van der Waals surface area contributed by atoms with E-state index in [9.17, 15) is 17.6 Å². The average Bonchev–Trinajstić information content (AvgIpc) is 2.41. The Morgan fingerprint density at radius 3 is 2.67 bits per heavy atom.